The molecule has 4 heteroatoms. The van der Waals surface area contributed by atoms with Gasteiger partial charge in [-0.2, -0.15) is 0 Å². The Morgan fingerprint density at radius 2 is 1.21 bits per heavy atom. The molecule has 0 spiro atoms. The van der Waals surface area contributed by atoms with Gasteiger partial charge < -0.3 is 13.4 Å². The first-order chi connectivity index (χ1) is 16.8. The van der Waals surface area contributed by atoms with Crippen molar-refractivity contribution in [2.45, 2.75) is 0 Å². The molecule has 0 unspecified atom stereocenters. The number of halogens is 1. The van der Waals surface area contributed by atoms with E-state index in [-0.39, 0.29) is 0 Å². The summed E-state index contributed by atoms with van der Waals surface area (Å²) in [7, 11) is 0. The third-order valence-corrected chi connectivity index (χ3v) is 7.52. The van der Waals surface area contributed by atoms with E-state index in [2.05, 4.69) is 93.3 Å². The van der Waals surface area contributed by atoms with Gasteiger partial charge in [0.1, 0.15) is 22.3 Å². The van der Waals surface area contributed by atoms with E-state index >= 15 is 0 Å². The summed E-state index contributed by atoms with van der Waals surface area (Å²) >= 11 is 3.72. The van der Waals surface area contributed by atoms with Crippen molar-refractivity contribution in [1.82, 2.24) is 4.57 Å². The molecule has 0 fully saturated rings. The molecule has 0 aliphatic rings. The van der Waals surface area contributed by atoms with Crippen LogP contribution in [0.25, 0.3) is 71.4 Å². The number of rotatable bonds is 1. The lowest BCUT2D eigenvalue weighted by Crippen LogP contribution is -1.93. The Morgan fingerprint density at radius 3 is 2.12 bits per heavy atom. The minimum absolute atomic E-state index is 0.884. The van der Waals surface area contributed by atoms with Gasteiger partial charge in [-0.15, -0.1) is 0 Å². The molecule has 0 N–H and O–H groups in total. The maximum atomic E-state index is 6.21. The van der Waals surface area contributed by atoms with E-state index in [0.717, 1.165) is 54.2 Å². The van der Waals surface area contributed by atoms with Crippen LogP contribution in [0, 0.1) is 0 Å². The van der Waals surface area contributed by atoms with Crippen LogP contribution in [0.3, 0.4) is 0 Å². The fourth-order valence-electron chi connectivity index (χ4n) is 5.46. The molecule has 8 aromatic rings. The van der Waals surface area contributed by atoms with Crippen molar-refractivity contribution in [2.24, 2.45) is 0 Å². The molecule has 0 saturated heterocycles. The van der Waals surface area contributed by atoms with Crippen molar-refractivity contribution >= 4 is 81.6 Å². The summed E-state index contributed by atoms with van der Waals surface area (Å²) in [6.45, 7) is 0. The van der Waals surface area contributed by atoms with E-state index in [4.69, 9.17) is 8.83 Å². The van der Waals surface area contributed by atoms with Gasteiger partial charge in [0.25, 0.3) is 0 Å². The zero-order valence-electron chi connectivity index (χ0n) is 17.9. The quantitative estimate of drug-likeness (QED) is 0.224. The van der Waals surface area contributed by atoms with Crippen LogP contribution in [-0.2, 0) is 0 Å². The molecule has 0 amide bonds. The molecule has 34 heavy (non-hydrogen) atoms. The Kier molecular flexibility index (Phi) is 3.53. The molecule has 0 aliphatic heterocycles. The summed E-state index contributed by atoms with van der Waals surface area (Å²) in [4.78, 5) is 0. The summed E-state index contributed by atoms with van der Waals surface area (Å²) in [5.41, 5.74) is 7.03. The van der Waals surface area contributed by atoms with E-state index in [1.165, 1.54) is 21.7 Å². The number of hydrogen-bond donors (Lipinski definition) is 0. The molecule has 3 heterocycles. The molecule has 0 atom stereocenters. The molecule has 160 valence electrons. The summed E-state index contributed by atoms with van der Waals surface area (Å²) in [5.74, 6) is 0. The summed E-state index contributed by atoms with van der Waals surface area (Å²) in [6, 6.07) is 33.7. The molecule has 3 aromatic heterocycles. The average Bonchev–Trinajstić information content (AvgIpc) is 3.53. The van der Waals surface area contributed by atoms with Gasteiger partial charge in [-0.1, -0.05) is 58.4 Å². The predicted molar refractivity (Wildman–Crippen MR) is 143 cm³/mol. The van der Waals surface area contributed by atoms with Crippen LogP contribution < -0.4 is 0 Å². The standard InChI is InChI=1S/C30H16BrNO2/c31-21-8-5-11-26-28(21)20-16-17(12-14-25(20)34-26)32-22-9-3-1-6-18(22)29-23(32)13-15-27-30(29)19-7-2-4-10-24(19)33-27/h1-16H. The molecular weight excluding hydrogens is 486 g/mol. The Balaban J connectivity index is 1.55. The molecule has 0 saturated carbocycles. The first-order valence-electron chi connectivity index (χ1n) is 11.2. The minimum Gasteiger partial charge on any atom is -0.456 e. The van der Waals surface area contributed by atoms with E-state index in [1.54, 1.807) is 0 Å². The minimum atomic E-state index is 0.884. The zero-order chi connectivity index (χ0) is 22.4. The second-order valence-electron chi connectivity index (χ2n) is 8.68. The molecule has 3 nitrogen and oxygen atoms in total. The van der Waals surface area contributed by atoms with Gasteiger partial charge >= 0.3 is 0 Å². The SMILES string of the molecule is Brc1cccc2oc3ccc(-n4c5ccccc5c5c6c(ccc54)oc4ccccc46)cc3c12. The van der Waals surface area contributed by atoms with Gasteiger partial charge in [0.2, 0.25) is 0 Å². The van der Waals surface area contributed by atoms with Crippen LogP contribution in [-0.4, -0.2) is 4.57 Å². The molecule has 0 aliphatic carbocycles. The van der Waals surface area contributed by atoms with Crippen LogP contribution in [0.1, 0.15) is 0 Å². The van der Waals surface area contributed by atoms with Crippen molar-refractivity contribution in [3.05, 3.63) is 102 Å². The summed E-state index contributed by atoms with van der Waals surface area (Å²) < 4.78 is 15.7. The molecule has 5 aromatic carbocycles. The number of fused-ring (bicyclic) bond motifs is 10. The highest BCUT2D eigenvalue weighted by Gasteiger charge is 2.19. The van der Waals surface area contributed by atoms with Gasteiger partial charge in [0.15, 0.2) is 0 Å². The van der Waals surface area contributed by atoms with Gasteiger partial charge in [-0.05, 0) is 54.6 Å². The molecule has 0 bridgehead atoms. The van der Waals surface area contributed by atoms with Crippen molar-refractivity contribution in [3.8, 4) is 5.69 Å². The average molecular weight is 502 g/mol. The molecular formula is C30H16BrNO2. The van der Waals surface area contributed by atoms with Crippen molar-refractivity contribution in [1.29, 1.82) is 0 Å². The van der Waals surface area contributed by atoms with Crippen LogP contribution in [0.5, 0.6) is 0 Å². The van der Waals surface area contributed by atoms with Crippen LogP contribution in [0.15, 0.2) is 110 Å². The highest BCUT2D eigenvalue weighted by Crippen LogP contribution is 2.42. The first-order valence-corrected chi connectivity index (χ1v) is 12.0. The maximum Gasteiger partial charge on any atom is 0.136 e. The Hall–Kier alpha value is -4.02. The maximum absolute atomic E-state index is 6.21. The largest absolute Gasteiger partial charge is 0.456 e. The highest BCUT2D eigenvalue weighted by atomic mass is 79.9. The number of aromatic nitrogens is 1. The Bertz CT molecular complexity index is 2090. The Labute approximate surface area is 201 Å². The van der Waals surface area contributed by atoms with E-state index in [9.17, 15) is 0 Å². The fourth-order valence-corrected chi connectivity index (χ4v) is 6.02. The van der Waals surface area contributed by atoms with Gasteiger partial charge in [-0.25, -0.2) is 0 Å². The third kappa shape index (κ3) is 2.31. The second kappa shape index (κ2) is 6.52. The number of furan rings is 2. The van der Waals surface area contributed by atoms with Gasteiger partial charge in [0.05, 0.1) is 11.0 Å². The van der Waals surface area contributed by atoms with E-state index in [0.29, 0.717) is 0 Å². The van der Waals surface area contributed by atoms with E-state index in [1.807, 2.05) is 24.3 Å². The lowest BCUT2D eigenvalue weighted by Gasteiger charge is -2.08. The monoisotopic (exact) mass is 501 g/mol. The number of benzene rings is 5. The van der Waals surface area contributed by atoms with Gasteiger partial charge in [-0.3, -0.25) is 0 Å². The lowest BCUT2D eigenvalue weighted by molar-refractivity contribution is 0.668. The molecule has 8 rings (SSSR count). The summed E-state index contributed by atoms with van der Waals surface area (Å²) in [5, 5.41) is 6.94. The van der Waals surface area contributed by atoms with Crippen molar-refractivity contribution in [2.75, 3.05) is 0 Å². The van der Waals surface area contributed by atoms with Crippen LogP contribution >= 0.6 is 15.9 Å². The topological polar surface area (TPSA) is 31.2 Å². The number of para-hydroxylation sites is 2. The number of nitrogens with zero attached hydrogens (tertiary/aromatic N) is 1. The van der Waals surface area contributed by atoms with Gasteiger partial charge in [0, 0.05) is 42.5 Å². The van der Waals surface area contributed by atoms with Crippen molar-refractivity contribution in [3.63, 3.8) is 0 Å². The van der Waals surface area contributed by atoms with Crippen molar-refractivity contribution < 1.29 is 8.83 Å². The smallest absolute Gasteiger partial charge is 0.136 e. The predicted octanol–water partition coefficient (Wildman–Crippen LogP) is 9.34. The fraction of sp³-hybridized carbons (Fsp3) is 0. The van der Waals surface area contributed by atoms with Crippen LogP contribution in [0.2, 0.25) is 0 Å². The third-order valence-electron chi connectivity index (χ3n) is 6.86. The number of hydrogen-bond acceptors (Lipinski definition) is 2. The molecule has 0 radical (unpaired) electrons. The highest BCUT2D eigenvalue weighted by molar-refractivity contribution is 9.10. The van der Waals surface area contributed by atoms with E-state index < -0.39 is 0 Å². The first kappa shape index (κ1) is 18.4. The second-order valence-corrected chi connectivity index (χ2v) is 9.53. The normalized spacial score (nSPS) is 12.3. The van der Waals surface area contributed by atoms with Crippen LogP contribution in [0.4, 0.5) is 0 Å². The zero-order valence-corrected chi connectivity index (χ0v) is 19.5. The Morgan fingerprint density at radius 1 is 0.500 bits per heavy atom. The lowest BCUT2D eigenvalue weighted by atomic mass is 10.1. The summed E-state index contributed by atoms with van der Waals surface area (Å²) in [6.07, 6.45) is 0.